The summed E-state index contributed by atoms with van der Waals surface area (Å²) in [5, 5.41) is 0. The summed E-state index contributed by atoms with van der Waals surface area (Å²) in [6.45, 7) is 11.2. The second-order valence-corrected chi connectivity index (χ2v) is 9.31. The molecular weight excluding hydrogens is 490 g/mol. The van der Waals surface area contributed by atoms with E-state index in [1.807, 2.05) is 56.3 Å². The molecule has 9 nitrogen and oxygen atoms in total. The highest BCUT2D eigenvalue weighted by Gasteiger charge is 2.53. The van der Waals surface area contributed by atoms with Gasteiger partial charge in [0, 0.05) is 12.0 Å². The standard InChI is InChI=1S/C29H33NO8/c1-5-15-33-27(31)30-23-13-12-21(36-19-20-10-8-7-9-11-20)18-22(23)25-26(38-29(3,4)37-25)24(30)14-17-35-28(32)34-16-6-2/h5-13,18,24-26H,1-2,14-17,19H2,3-4H3/t24-,25-,26-/m0/s1. The third-order valence-electron chi connectivity index (χ3n) is 6.13. The van der Waals surface area contributed by atoms with Crippen LogP contribution in [0.15, 0.2) is 73.8 Å². The van der Waals surface area contributed by atoms with E-state index in [2.05, 4.69) is 13.2 Å². The lowest BCUT2D eigenvalue weighted by Gasteiger charge is -2.41. The van der Waals surface area contributed by atoms with Crippen LogP contribution in [0.25, 0.3) is 0 Å². The first-order chi connectivity index (χ1) is 18.3. The first-order valence-corrected chi connectivity index (χ1v) is 12.5. The first-order valence-electron chi connectivity index (χ1n) is 12.5. The lowest BCUT2D eigenvalue weighted by molar-refractivity contribution is -0.148. The van der Waals surface area contributed by atoms with Crippen molar-refractivity contribution < 1.29 is 38.0 Å². The van der Waals surface area contributed by atoms with Crippen LogP contribution in [-0.2, 0) is 30.3 Å². The molecule has 0 bridgehead atoms. The number of ether oxygens (including phenoxy) is 6. The van der Waals surface area contributed by atoms with Crippen LogP contribution in [0.5, 0.6) is 5.75 Å². The smallest absolute Gasteiger partial charge is 0.489 e. The number of amides is 1. The summed E-state index contributed by atoms with van der Waals surface area (Å²) in [7, 11) is 0. The van der Waals surface area contributed by atoms with E-state index < -0.39 is 36.3 Å². The molecule has 0 aliphatic carbocycles. The Morgan fingerprint density at radius 1 is 1.00 bits per heavy atom. The number of carbonyl (C=O) groups excluding carboxylic acids is 2. The molecule has 2 aromatic carbocycles. The molecule has 0 saturated carbocycles. The average Bonchev–Trinajstić information content (AvgIpc) is 3.25. The van der Waals surface area contributed by atoms with Crippen LogP contribution < -0.4 is 9.64 Å². The lowest BCUT2D eigenvalue weighted by atomic mass is 9.89. The van der Waals surface area contributed by atoms with Crippen LogP contribution in [0.1, 0.15) is 37.5 Å². The number of hydrogen-bond acceptors (Lipinski definition) is 8. The molecule has 2 aromatic rings. The zero-order chi connectivity index (χ0) is 27.1. The molecule has 0 N–H and O–H groups in total. The largest absolute Gasteiger partial charge is 0.508 e. The lowest BCUT2D eigenvalue weighted by Crippen LogP contribution is -2.53. The number of anilines is 1. The summed E-state index contributed by atoms with van der Waals surface area (Å²) in [5.74, 6) is -0.276. The van der Waals surface area contributed by atoms with Gasteiger partial charge in [-0.3, -0.25) is 4.90 Å². The van der Waals surface area contributed by atoms with Gasteiger partial charge in [0.25, 0.3) is 0 Å². The Balaban J connectivity index is 1.63. The topological polar surface area (TPSA) is 92.8 Å². The van der Waals surface area contributed by atoms with Crippen molar-refractivity contribution in [2.45, 2.75) is 50.9 Å². The van der Waals surface area contributed by atoms with E-state index in [9.17, 15) is 9.59 Å². The van der Waals surface area contributed by atoms with Crippen molar-refractivity contribution in [3.63, 3.8) is 0 Å². The molecule has 4 rings (SSSR count). The van der Waals surface area contributed by atoms with Gasteiger partial charge in [-0.25, -0.2) is 9.59 Å². The van der Waals surface area contributed by atoms with E-state index in [1.165, 1.54) is 17.1 Å². The zero-order valence-corrected chi connectivity index (χ0v) is 21.7. The van der Waals surface area contributed by atoms with Crippen LogP contribution in [0, 0.1) is 0 Å². The van der Waals surface area contributed by atoms with Crippen molar-refractivity contribution in [1.82, 2.24) is 0 Å². The molecule has 2 aliphatic rings. The van der Waals surface area contributed by atoms with Gasteiger partial charge < -0.3 is 28.4 Å². The molecule has 1 saturated heterocycles. The Hall–Kier alpha value is -3.82. The fraction of sp³-hybridized carbons (Fsp3) is 0.379. The highest BCUT2D eigenvalue weighted by atomic mass is 16.8. The van der Waals surface area contributed by atoms with Crippen molar-refractivity contribution in [2.75, 3.05) is 24.7 Å². The quantitative estimate of drug-likeness (QED) is 0.289. The summed E-state index contributed by atoms with van der Waals surface area (Å²) in [6.07, 6.45) is 0.784. The Labute approximate surface area is 222 Å². The molecule has 2 aliphatic heterocycles. The monoisotopic (exact) mass is 523 g/mol. The number of nitrogens with zero attached hydrogens (tertiary/aromatic N) is 1. The fourth-order valence-corrected chi connectivity index (χ4v) is 4.61. The molecule has 0 spiro atoms. The first kappa shape index (κ1) is 27.2. The summed E-state index contributed by atoms with van der Waals surface area (Å²) in [4.78, 5) is 26.7. The fourth-order valence-electron chi connectivity index (χ4n) is 4.61. The van der Waals surface area contributed by atoms with Crippen molar-refractivity contribution in [3.05, 3.63) is 85.0 Å². The third-order valence-corrected chi connectivity index (χ3v) is 6.13. The molecule has 0 radical (unpaired) electrons. The summed E-state index contributed by atoms with van der Waals surface area (Å²) in [5.41, 5.74) is 2.38. The highest BCUT2D eigenvalue weighted by molar-refractivity contribution is 5.91. The van der Waals surface area contributed by atoms with Crippen LogP contribution in [0.3, 0.4) is 0 Å². The predicted molar refractivity (Wildman–Crippen MR) is 140 cm³/mol. The van der Waals surface area contributed by atoms with Gasteiger partial charge in [-0.05, 0) is 37.6 Å². The van der Waals surface area contributed by atoms with E-state index in [0.717, 1.165) is 11.1 Å². The number of fused-ring (bicyclic) bond motifs is 3. The van der Waals surface area contributed by atoms with Crippen LogP contribution in [-0.4, -0.2) is 50.0 Å². The van der Waals surface area contributed by atoms with Crippen LogP contribution >= 0.6 is 0 Å². The van der Waals surface area contributed by atoms with Crippen molar-refractivity contribution in [3.8, 4) is 5.75 Å². The highest BCUT2D eigenvalue weighted by Crippen LogP contribution is 2.50. The van der Waals surface area contributed by atoms with Crippen LogP contribution in [0.4, 0.5) is 15.3 Å². The Morgan fingerprint density at radius 2 is 1.74 bits per heavy atom. The Morgan fingerprint density at radius 3 is 2.47 bits per heavy atom. The molecule has 1 amide bonds. The van der Waals surface area contributed by atoms with Gasteiger partial charge in [0.15, 0.2) is 5.79 Å². The number of carbonyl (C=O) groups is 2. The molecule has 0 aromatic heterocycles. The van der Waals surface area contributed by atoms with Crippen molar-refractivity contribution in [2.24, 2.45) is 0 Å². The number of benzene rings is 2. The van der Waals surface area contributed by atoms with Gasteiger partial charge in [0.1, 0.15) is 37.8 Å². The number of hydrogen-bond donors (Lipinski definition) is 0. The van der Waals surface area contributed by atoms with Gasteiger partial charge >= 0.3 is 12.2 Å². The molecule has 9 heteroatoms. The molecule has 2 heterocycles. The Kier molecular flexibility index (Phi) is 8.70. The molecular formula is C29H33NO8. The maximum atomic E-state index is 13.3. The third kappa shape index (κ3) is 6.35. The molecule has 1 fully saturated rings. The second kappa shape index (κ2) is 12.1. The van der Waals surface area contributed by atoms with E-state index in [4.69, 9.17) is 28.4 Å². The average molecular weight is 524 g/mol. The Bertz CT molecular complexity index is 1150. The predicted octanol–water partition coefficient (Wildman–Crippen LogP) is 5.70. The van der Waals surface area contributed by atoms with E-state index in [0.29, 0.717) is 18.0 Å². The van der Waals surface area contributed by atoms with E-state index in [1.54, 1.807) is 6.07 Å². The maximum Gasteiger partial charge on any atom is 0.508 e. The molecule has 38 heavy (non-hydrogen) atoms. The summed E-state index contributed by atoms with van der Waals surface area (Å²) in [6, 6.07) is 14.8. The SMILES string of the molecule is C=CCOC(=O)OCC[C@H]1[C@@H]2OC(C)(C)O[C@H]2c2cc(OCc3ccccc3)ccc2N1C(=O)OCC=C. The summed E-state index contributed by atoms with van der Waals surface area (Å²) < 4.78 is 34.2. The molecule has 3 atom stereocenters. The van der Waals surface area contributed by atoms with Crippen LogP contribution in [0.2, 0.25) is 0 Å². The van der Waals surface area contributed by atoms with Gasteiger partial charge in [0.05, 0.1) is 18.3 Å². The number of rotatable bonds is 10. The minimum atomic E-state index is -0.906. The maximum absolute atomic E-state index is 13.3. The second-order valence-electron chi connectivity index (χ2n) is 9.31. The molecule has 202 valence electrons. The van der Waals surface area contributed by atoms with E-state index in [-0.39, 0.29) is 26.2 Å². The minimum absolute atomic E-state index is 0.00745. The molecule has 0 unspecified atom stereocenters. The zero-order valence-electron chi connectivity index (χ0n) is 21.7. The van der Waals surface area contributed by atoms with Gasteiger partial charge in [-0.1, -0.05) is 55.6 Å². The van der Waals surface area contributed by atoms with Gasteiger partial charge in [0.2, 0.25) is 0 Å². The normalized spacial score (nSPS) is 21.0. The summed E-state index contributed by atoms with van der Waals surface area (Å²) >= 11 is 0. The van der Waals surface area contributed by atoms with Crippen molar-refractivity contribution in [1.29, 1.82) is 0 Å². The van der Waals surface area contributed by atoms with Gasteiger partial charge in [-0.15, -0.1) is 0 Å². The minimum Gasteiger partial charge on any atom is -0.489 e. The van der Waals surface area contributed by atoms with Gasteiger partial charge in [-0.2, -0.15) is 0 Å². The van der Waals surface area contributed by atoms with E-state index >= 15 is 0 Å². The van der Waals surface area contributed by atoms with Crippen molar-refractivity contribution >= 4 is 17.9 Å².